The van der Waals surface area contributed by atoms with E-state index in [9.17, 15) is 4.79 Å². The molecule has 0 unspecified atom stereocenters. The standard InChI is InChI=1S/C9H9BrN2O2/c1-14-9(13)7(11)5-8-6(10)3-2-4-12-8/h2-5H,11H2,1H3/b7-5-. The number of rotatable bonds is 2. The van der Waals surface area contributed by atoms with Gasteiger partial charge in [0.25, 0.3) is 0 Å². The highest BCUT2D eigenvalue weighted by Gasteiger charge is 2.05. The predicted octanol–water partition coefficient (Wildman–Crippen LogP) is 1.32. The summed E-state index contributed by atoms with van der Waals surface area (Å²) in [5.41, 5.74) is 6.07. The number of hydrogen-bond acceptors (Lipinski definition) is 4. The molecule has 0 saturated heterocycles. The summed E-state index contributed by atoms with van der Waals surface area (Å²) in [7, 11) is 1.27. The Morgan fingerprint density at radius 1 is 1.71 bits per heavy atom. The lowest BCUT2D eigenvalue weighted by Gasteiger charge is -1.99. The van der Waals surface area contributed by atoms with Crippen molar-refractivity contribution in [2.24, 2.45) is 5.73 Å². The highest BCUT2D eigenvalue weighted by atomic mass is 79.9. The van der Waals surface area contributed by atoms with E-state index in [0.717, 1.165) is 4.47 Å². The highest BCUT2D eigenvalue weighted by molar-refractivity contribution is 9.10. The largest absolute Gasteiger partial charge is 0.464 e. The van der Waals surface area contributed by atoms with Gasteiger partial charge in [0, 0.05) is 10.7 Å². The van der Waals surface area contributed by atoms with Crippen LogP contribution in [0.2, 0.25) is 0 Å². The van der Waals surface area contributed by atoms with E-state index in [-0.39, 0.29) is 5.70 Å². The average Bonchev–Trinajstić information content (AvgIpc) is 2.20. The van der Waals surface area contributed by atoms with Crippen molar-refractivity contribution in [3.8, 4) is 0 Å². The van der Waals surface area contributed by atoms with Gasteiger partial charge in [-0.25, -0.2) is 4.79 Å². The van der Waals surface area contributed by atoms with Crippen LogP contribution < -0.4 is 5.73 Å². The maximum atomic E-state index is 11.0. The molecule has 1 heterocycles. The molecule has 2 N–H and O–H groups in total. The number of carbonyl (C=O) groups excluding carboxylic acids is 1. The Morgan fingerprint density at radius 2 is 2.43 bits per heavy atom. The van der Waals surface area contributed by atoms with Crippen molar-refractivity contribution in [3.63, 3.8) is 0 Å². The monoisotopic (exact) mass is 256 g/mol. The van der Waals surface area contributed by atoms with E-state index in [1.807, 2.05) is 6.07 Å². The summed E-state index contributed by atoms with van der Waals surface area (Å²) in [5.74, 6) is -0.567. The van der Waals surface area contributed by atoms with Crippen LogP contribution in [0.3, 0.4) is 0 Å². The molecular formula is C9H9BrN2O2. The Balaban J connectivity index is 2.97. The van der Waals surface area contributed by atoms with Crippen molar-refractivity contribution >= 4 is 28.0 Å². The average molecular weight is 257 g/mol. The molecule has 1 aromatic rings. The minimum atomic E-state index is -0.567. The number of methoxy groups -OCH3 is 1. The summed E-state index contributed by atoms with van der Waals surface area (Å²) in [4.78, 5) is 15.0. The van der Waals surface area contributed by atoms with E-state index in [0.29, 0.717) is 5.69 Å². The van der Waals surface area contributed by atoms with Gasteiger partial charge in [0.1, 0.15) is 5.70 Å². The first-order chi connectivity index (χ1) is 6.65. The van der Waals surface area contributed by atoms with Gasteiger partial charge in [0.2, 0.25) is 0 Å². The summed E-state index contributed by atoms with van der Waals surface area (Å²) in [6.45, 7) is 0. The molecule has 14 heavy (non-hydrogen) atoms. The highest BCUT2D eigenvalue weighted by Crippen LogP contribution is 2.15. The second-order valence-corrected chi connectivity index (χ2v) is 3.32. The van der Waals surface area contributed by atoms with Gasteiger partial charge < -0.3 is 10.5 Å². The van der Waals surface area contributed by atoms with Crippen molar-refractivity contribution in [1.29, 1.82) is 0 Å². The fourth-order valence-electron chi connectivity index (χ4n) is 0.828. The van der Waals surface area contributed by atoms with Crippen LogP contribution in [0.5, 0.6) is 0 Å². The molecule has 0 saturated carbocycles. The van der Waals surface area contributed by atoms with Gasteiger partial charge >= 0.3 is 5.97 Å². The van der Waals surface area contributed by atoms with E-state index in [4.69, 9.17) is 5.73 Å². The third-order valence-electron chi connectivity index (χ3n) is 1.50. The molecule has 1 rings (SSSR count). The van der Waals surface area contributed by atoms with Crippen molar-refractivity contribution in [1.82, 2.24) is 4.98 Å². The zero-order chi connectivity index (χ0) is 10.6. The number of ether oxygens (including phenoxy) is 1. The number of esters is 1. The van der Waals surface area contributed by atoms with Crippen molar-refractivity contribution in [2.75, 3.05) is 7.11 Å². The third kappa shape index (κ3) is 2.56. The Morgan fingerprint density at radius 3 is 3.00 bits per heavy atom. The van der Waals surface area contributed by atoms with Crippen molar-refractivity contribution < 1.29 is 9.53 Å². The Bertz CT molecular complexity index is 377. The molecule has 0 radical (unpaired) electrons. The first kappa shape index (κ1) is 10.7. The van der Waals surface area contributed by atoms with Crippen LogP contribution in [0, 0.1) is 0 Å². The van der Waals surface area contributed by atoms with E-state index < -0.39 is 5.97 Å². The lowest BCUT2D eigenvalue weighted by atomic mass is 10.3. The molecule has 0 bridgehead atoms. The first-order valence-electron chi connectivity index (χ1n) is 3.81. The smallest absolute Gasteiger partial charge is 0.353 e. The van der Waals surface area contributed by atoms with E-state index in [1.165, 1.54) is 13.2 Å². The molecule has 0 aliphatic carbocycles. The maximum absolute atomic E-state index is 11.0. The summed E-state index contributed by atoms with van der Waals surface area (Å²) in [6, 6.07) is 3.58. The number of hydrogen-bond donors (Lipinski definition) is 1. The van der Waals surface area contributed by atoms with Gasteiger partial charge in [-0.05, 0) is 34.1 Å². The minimum Gasteiger partial charge on any atom is -0.464 e. The Labute approximate surface area is 89.9 Å². The summed E-state index contributed by atoms with van der Waals surface area (Å²) in [6.07, 6.45) is 3.07. The molecule has 1 aromatic heterocycles. The van der Waals surface area contributed by atoms with E-state index in [1.54, 1.807) is 12.3 Å². The van der Waals surface area contributed by atoms with Gasteiger partial charge in [0.15, 0.2) is 0 Å². The van der Waals surface area contributed by atoms with E-state index >= 15 is 0 Å². The van der Waals surface area contributed by atoms with Gasteiger partial charge in [-0.3, -0.25) is 4.98 Å². The maximum Gasteiger partial charge on any atom is 0.353 e. The van der Waals surface area contributed by atoms with Gasteiger partial charge in [-0.2, -0.15) is 0 Å². The number of halogens is 1. The molecular weight excluding hydrogens is 248 g/mol. The van der Waals surface area contributed by atoms with E-state index in [2.05, 4.69) is 25.7 Å². The van der Waals surface area contributed by atoms with Gasteiger partial charge in [0.05, 0.1) is 12.8 Å². The lowest BCUT2D eigenvalue weighted by Crippen LogP contribution is -2.12. The van der Waals surface area contributed by atoms with Crippen LogP contribution in [0.1, 0.15) is 5.69 Å². The zero-order valence-corrected chi connectivity index (χ0v) is 9.11. The van der Waals surface area contributed by atoms with Gasteiger partial charge in [-0.1, -0.05) is 0 Å². The van der Waals surface area contributed by atoms with Crippen molar-refractivity contribution in [3.05, 3.63) is 34.2 Å². The Kier molecular flexibility index (Phi) is 3.64. The molecule has 0 aliphatic rings. The topological polar surface area (TPSA) is 65.2 Å². The van der Waals surface area contributed by atoms with Gasteiger partial charge in [-0.15, -0.1) is 0 Å². The second kappa shape index (κ2) is 4.76. The molecule has 4 nitrogen and oxygen atoms in total. The summed E-state index contributed by atoms with van der Waals surface area (Å²) >= 11 is 3.28. The number of pyridine rings is 1. The zero-order valence-electron chi connectivity index (χ0n) is 7.53. The number of carbonyl (C=O) groups is 1. The normalized spacial score (nSPS) is 11.1. The van der Waals surface area contributed by atoms with Crippen LogP contribution in [0.15, 0.2) is 28.5 Å². The molecule has 0 spiro atoms. The molecule has 5 heteroatoms. The predicted molar refractivity (Wildman–Crippen MR) is 56.1 cm³/mol. The number of aromatic nitrogens is 1. The fraction of sp³-hybridized carbons (Fsp3) is 0.111. The molecule has 0 fully saturated rings. The SMILES string of the molecule is COC(=O)/C(N)=C/c1ncccc1Br. The number of nitrogens with two attached hydrogens (primary N) is 1. The lowest BCUT2D eigenvalue weighted by molar-refractivity contribution is -0.136. The van der Waals surface area contributed by atoms with Crippen LogP contribution in [0.25, 0.3) is 6.08 Å². The summed E-state index contributed by atoms with van der Waals surface area (Å²) < 4.78 is 5.22. The summed E-state index contributed by atoms with van der Waals surface area (Å²) in [5, 5.41) is 0. The number of nitrogens with zero attached hydrogens (tertiary/aromatic N) is 1. The van der Waals surface area contributed by atoms with Crippen LogP contribution in [-0.4, -0.2) is 18.1 Å². The first-order valence-corrected chi connectivity index (χ1v) is 4.60. The van der Waals surface area contributed by atoms with Crippen LogP contribution in [0.4, 0.5) is 0 Å². The van der Waals surface area contributed by atoms with Crippen LogP contribution in [-0.2, 0) is 9.53 Å². The van der Waals surface area contributed by atoms with Crippen LogP contribution >= 0.6 is 15.9 Å². The molecule has 0 aliphatic heterocycles. The minimum absolute atomic E-state index is 0.0203. The fourth-order valence-corrected chi connectivity index (χ4v) is 1.20. The molecule has 0 atom stereocenters. The molecule has 74 valence electrons. The quantitative estimate of drug-likeness (QED) is 0.641. The Hall–Kier alpha value is -1.36. The molecule has 0 aromatic carbocycles. The van der Waals surface area contributed by atoms with Crippen molar-refractivity contribution in [2.45, 2.75) is 0 Å². The molecule has 0 amide bonds. The third-order valence-corrected chi connectivity index (χ3v) is 2.17. The second-order valence-electron chi connectivity index (χ2n) is 2.46.